The number of unbranched alkanes of at least 4 members (excludes halogenated alkanes) is 1. The lowest BCUT2D eigenvalue weighted by Gasteiger charge is -2.18. The van der Waals surface area contributed by atoms with E-state index in [1.807, 2.05) is 6.92 Å². The number of hydrogen-bond acceptors (Lipinski definition) is 3. The van der Waals surface area contributed by atoms with Crippen molar-refractivity contribution in [3.63, 3.8) is 0 Å². The topological polar surface area (TPSA) is 108 Å². The highest BCUT2D eigenvalue weighted by molar-refractivity contribution is 9.09. The fraction of sp³-hybridized carbons (Fsp3) is 0.786. The Labute approximate surface area is 139 Å². The van der Waals surface area contributed by atoms with Crippen molar-refractivity contribution >= 4 is 33.8 Å². The Morgan fingerprint density at radius 3 is 2.41 bits per heavy atom. The van der Waals surface area contributed by atoms with E-state index in [1.54, 1.807) is 0 Å². The summed E-state index contributed by atoms with van der Waals surface area (Å²) >= 11 is 3.26. The van der Waals surface area contributed by atoms with Gasteiger partial charge in [0.2, 0.25) is 11.8 Å². The average Bonchev–Trinajstić information content (AvgIpc) is 2.48. The summed E-state index contributed by atoms with van der Waals surface area (Å²) in [6.07, 6.45) is 2.65. The third-order valence-corrected chi connectivity index (χ3v) is 3.49. The molecule has 0 fully saturated rings. The van der Waals surface area contributed by atoms with Crippen LogP contribution in [0, 0.1) is 0 Å². The molecular formula is C14H26BrN3O4. The molecule has 128 valence electrons. The molecule has 22 heavy (non-hydrogen) atoms. The third-order valence-electron chi connectivity index (χ3n) is 2.93. The van der Waals surface area contributed by atoms with Gasteiger partial charge in [-0.2, -0.15) is 0 Å². The Morgan fingerprint density at radius 1 is 1.09 bits per heavy atom. The van der Waals surface area contributed by atoms with Crippen LogP contribution in [-0.4, -0.2) is 47.5 Å². The van der Waals surface area contributed by atoms with Crippen molar-refractivity contribution in [2.45, 2.75) is 51.5 Å². The molecule has 4 N–H and O–H groups in total. The molecule has 0 radical (unpaired) electrons. The first kappa shape index (κ1) is 20.7. The van der Waals surface area contributed by atoms with Crippen LogP contribution in [0.5, 0.6) is 0 Å². The molecule has 0 aliphatic carbocycles. The highest BCUT2D eigenvalue weighted by atomic mass is 79.9. The first-order chi connectivity index (χ1) is 10.5. The van der Waals surface area contributed by atoms with E-state index in [0.29, 0.717) is 38.8 Å². The number of carbonyl (C=O) groups excluding carboxylic acids is 2. The minimum Gasteiger partial charge on any atom is -0.465 e. The van der Waals surface area contributed by atoms with E-state index in [-0.39, 0.29) is 11.8 Å². The maximum atomic E-state index is 12.0. The Morgan fingerprint density at radius 2 is 1.82 bits per heavy atom. The molecule has 0 saturated heterocycles. The van der Waals surface area contributed by atoms with Crippen molar-refractivity contribution in [1.82, 2.24) is 16.0 Å². The summed E-state index contributed by atoms with van der Waals surface area (Å²) in [6, 6.07) is -0.556. The summed E-state index contributed by atoms with van der Waals surface area (Å²) in [7, 11) is 0. The predicted octanol–water partition coefficient (Wildman–Crippen LogP) is 1.61. The van der Waals surface area contributed by atoms with Crippen molar-refractivity contribution < 1.29 is 19.5 Å². The van der Waals surface area contributed by atoms with Gasteiger partial charge in [-0.05, 0) is 32.1 Å². The second kappa shape index (κ2) is 13.4. The maximum Gasteiger partial charge on any atom is 0.404 e. The van der Waals surface area contributed by atoms with E-state index in [9.17, 15) is 14.4 Å². The standard InChI is InChI=1S/C14H26BrN3O4/c1-2-9-16-13(20)11(18-12(19)7-5-8-15)6-3-4-10-17-14(21)22/h11,17H,2-10H2,1H3,(H,16,20)(H,18,19)(H,21,22). The number of rotatable bonds is 12. The van der Waals surface area contributed by atoms with Crippen molar-refractivity contribution in [3.8, 4) is 0 Å². The molecule has 0 heterocycles. The van der Waals surface area contributed by atoms with Gasteiger partial charge >= 0.3 is 6.09 Å². The molecule has 0 spiro atoms. The summed E-state index contributed by atoms with van der Waals surface area (Å²) in [5.74, 6) is -0.319. The summed E-state index contributed by atoms with van der Waals surface area (Å²) in [6.45, 7) is 2.88. The van der Waals surface area contributed by atoms with Crippen molar-refractivity contribution in [2.24, 2.45) is 0 Å². The SMILES string of the molecule is CCCNC(=O)C(CCCCNC(=O)O)NC(=O)CCCBr. The van der Waals surface area contributed by atoms with Gasteiger partial charge in [-0.1, -0.05) is 22.9 Å². The van der Waals surface area contributed by atoms with E-state index >= 15 is 0 Å². The predicted molar refractivity (Wildman–Crippen MR) is 88.1 cm³/mol. The van der Waals surface area contributed by atoms with Gasteiger partial charge in [0.05, 0.1) is 0 Å². The fourth-order valence-corrected chi connectivity index (χ4v) is 2.08. The van der Waals surface area contributed by atoms with E-state index in [2.05, 4.69) is 31.9 Å². The molecule has 0 saturated carbocycles. The quantitative estimate of drug-likeness (QED) is 0.305. The van der Waals surface area contributed by atoms with Gasteiger partial charge < -0.3 is 21.1 Å². The molecule has 0 aliphatic rings. The first-order valence-corrected chi connectivity index (χ1v) is 8.73. The van der Waals surface area contributed by atoms with Crippen molar-refractivity contribution in [2.75, 3.05) is 18.4 Å². The zero-order chi connectivity index (χ0) is 16.8. The van der Waals surface area contributed by atoms with Gasteiger partial charge in [0.1, 0.15) is 6.04 Å². The lowest BCUT2D eigenvalue weighted by molar-refractivity contribution is -0.129. The van der Waals surface area contributed by atoms with Gasteiger partial charge in [-0.15, -0.1) is 0 Å². The van der Waals surface area contributed by atoms with Crippen LogP contribution in [0.2, 0.25) is 0 Å². The monoisotopic (exact) mass is 379 g/mol. The van der Waals surface area contributed by atoms with E-state index in [4.69, 9.17) is 5.11 Å². The van der Waals surface area contributed by atoms with Crippen LogP contribution in [0.3, 0.4) is 0 Å². The van der Waals surface area contributed by atoms with E-state index < -0.39 is 12.1 Å². The highest BCUT2D eigenvalue weighted by Crippen LogP contribution is 2.03. The molecule has 1 unspecified atom stereocenters. The zero-order valence-corrected chi connectivity index (χ0v) is 14.6. The van der Waals surface area contributed by atoms with Gasteiger partial charge in [0, 0.05) is 24.8 Å². The van der Waals surface area contributed by atoms with E-state index in [1.165, 1.54) is 0 Å². The Kier molecular flexibility index (Phi) is 12.6. The summed E-state index contributed by atoms with van der Waals surface area (Å²) in [4.78, 5) is 34.1. The van der Waals surface area contributed by atoms with Crippen LogP contribution in [0.4, 0.5) is 4.79 Å². The van der Waals surface area contributed by atoms with Crippen molar-refractivity contribution in [1.29, 1.82) is 0 Å². The van der Waals surface area contributed by atoms with Crippen molar-refractivity contribution in [3.05, 3.63) is 0 Å². The second-order valence-electron chi connectivity index (χ2n) is 4.93. The number of amides is 3. The number of alkyl halides is 1. The average molecular weight is 380 g/mol. The number of carboxylic acid groups (broad SMARTS) is 1. The minimum atomic E-state index is -1.06. The molecule has 0 aliphatic heterocycles. The van der Waals surface area contributed by atoms with Crippen LogP contribution in [0.1, 0.15) is 45.4 Å². The second-order valence-corrected chi connectivity index (χ2v) is 5.72. The molecule has 0 aromatic carbocycles. The number of halogens is 1. The lowest BCUT2D eigenvalue weighted by atomic mass is 10.1. The van der Waals surface area contributed by atoms with Crippen LogP contribution in [0.15, 0.2) is 0 Å². The van der Waals surface area contributed by atoms with Gasteiger partial charge in [0.25, 0.3) is 0 Å². The largest absolute Gasteiger partial charge is 0.465 e. The number of hydrogen-bond donors (Lipinski definition) is 4. The van der Waals surface area contributed by atoms with E-state index in [0.717, 1.165) is 18.2 Å². The summed E-state index contributed by atoms with van der Waals surface area (Å²) < 4.78 is 0. The molecule has 8 heteroatoms. The Balaban J connectivity index is 4.23. The smallest absolute Gasteiger partial charge is 0.404 e. The summed E-state index contributed by atoms with van der Waals surface area (Å²) in [5, 5.41) is 17.0. The van der Waals surface area contributed by atoms with Crippen LogP contribution < -0.4 is 16.0 Å². The molecule has 3 amide bonds. The molecule has 0 aromatic heterocycles. The fourth-order valence-electron chi connectivity index (χ4n) is 1.80. The molecule has 0 aromatic rings. The summed E-state index contributed by atoms with van der Waals surface area (Å²) in [5.41, 5.74) is 0. The number of nitrogens with one attached hydrogen (secondary N) is 3. The highest BCUT2D eigenvalue weighted by Gasteiger charge is 2.19. The molecular weight excluding hydrogens is 354 g/mol. The Hall–Kier alpha value is -1.31. The Bertz CT molecular complexity index is 353. The normalized spacial score (nSPS) is 11.5. The molecule has 0 rings (SSSR count). The van der Waals surface area contributed by atoms with Gasteiger partial charge in [-0.25, -0.2) is 4.79 Å². The van der Waals surface area contributed by atoms with Crippen LogP contribution in [-0.2, 0) is 9.59 Å². The maximum absolute atomic E-state index is 12.0. The lowest BCUT2D eigenvalue weighted by Crippen LogP contribution is -2.47. The van der Waals surface area contributed by atoms with Gasteiger partial charge in [-0.3, -0.25) is 9.59 Å². The molecule has 0 bridgehead atoms. The number of carbonyl (C=O) groups is 3. The third kappa shape index (κ3) is 11.4. The van der Waals surface area contributed by atoms with Crippen LogP contribution in [0.25, 0.3) is 0 Å². The van der Waals surface area contributed by atoms with Crippen LogP contribution >= 0.6 is 15.9 Å². The molecule has 7 nitrogen and oxygen atoms in total. The minimum absolute atomic E-state index is 0.139. The van der Waals surface area contributed by atoms with Gasteiger partial charge in [0.15, 0.2) is 0 Å². The first-order valence-electron chi connectivity index (χ1n) is 7.61. The zero-order valence-electron chi connectivity index (χ0n) is 13.0. The molecule has 1 atom stereocenters.